The number of piperidine rings is 1. The second kappa shape index (κ2) is 9.81. The number of carbonyl (C=O) groups is 3. The number of imide groups is 2. The quantitative estimate of drug-likeness (QED) is 0.496. The SMILES string of the molecule is COc1ccc(C[C@@]2(CN3C[C@@H]4C[C@@H](C3)c3cccc(=O)n3C4)C(=O)NC(=O)N(c3ccccc3)C2=O)cc1. The van der Waals surface area contributed by atoms with Gasteiger partial charge in [-0.2, -0.15) is 0 Å². The molecule has 3 atom stereocenters. The van der Waals surface area contributed by atoms with Crippen LogP contribution in [0.3, 0.4) is 0 Å². The van der Waals surface area contributed by atoms with E-state index in [1.165, 1.54) is 0 Å². The van der Waals surface area contributed by atoms with Crippen molar-refractivity contribution in [3.8, 4) is 5.75 Å². The van der Waals surface area contributed by atoms with Crippen LogP contribution in [0.1, 0.15) is 23.6 Å². The average Bonchev–Trinajstić information content (AvgIpc) is 2.93. The number of hydrogen-bond donors (Lipinski definition) is 1. The minimum atomic E-state index is -1.53. The van der Waals surface area contributed by atoms with E-state index in [1.54, 1.807) is 61.7 Å². The molecule has 200 valence electrons. The number of aromatic nitrogens is 1. The fourth-order valence-electron chi connectivity index (χ4n) is 6.44. The maximum Gasteiger partial charge on any atom is 0.335 e. The molecule has 0 radical (unpaired) electrons. The summed E-state index contributed by atoms with van der Waals surface area (Å²) in [6, 6.07) is 20.6. The first-order chi connectivity index (χ1) is 18.9. The number of barbiturate groups is 1. The van der Waals surface area contributed by atoms with Gasteiger partial charge in [0.05, 0.1) is 12.8 Å². The zero-order chi connectivity index (χ0) is 27.1. The number of methoxy groups -OCH3 is 1. The molecule has 2 fully saturated rings. The highest BCUT2D eigenvalue weighted by Crippen LogP contribution is 2.39. The van der Waals surface area contributed by atoms with Crippen molar-refractivity contribution in [3.05, 3.63) is 94.4 Å². The van der Waals surface area contributed by atoms with Crippen molar-refractivity contribution in [3.63, 3.8) is 0 Å². The minimum absolute atomic E-state index is 0.00507. The summed E-state index contributed by atoms with van der Waals surface area (Å²) < 4.78 is 7.14. The Kier molecular flexibility index (Phi) is 6.31. The molecule has 3 aliphatic rings. The first-order valence-electron chi connectivity index (χ1n) is 13.2. The smallest absolute Gasteiger partial charge is 0.335 e. The summed E-state index contributed by atoms with van der Waals surface area (Å²) >= 11 is 0. The number of nitrogens with one attached hydrogen (secondary N) is 1. The third-order valence-electron chi connectivity index (χ3n) is 8.20. The van der Waals surface area contributed by atoms with Crippen LogP contribution in [0.2, 0.25) is 0 Å². The normalized spacial score (nSPS) is 24.7. The highest BCUT2D eigenvalue weighted by Gasteiger charge is 2.55. The van der Waals surface area contributed by atoms with Crippen molar-refractivity contribution >= 4 is 23.5 Å². The van der Waals surface area contributed by atoms with Gasteiger partial charge in [-0.05, 0) is 54.7 Å². The topological polar surface area (TPSA) is 101 Å². The maximum atomic E-state index is 14.3. The summed E-state index contributed by atoms with van der Waals surface area (Å²) in [6.45, 7) is 2.04. The Morgan fingerprint density at radius 1 is 0.897 bits per heavy atom. The van der Waals surface area contributed by atoms with E-state index in [4.69, 9.17) is 4.74 Å². The molecule has 6 rings (SSSR count). The largest absolute Gasteiger partial charge is 0.497 e. The van der Waals surface area contributed by atoms with Gasteiger partial charge in [-0.1, -0.05) is 36.4 Å². The van der Waals surface area contributed by atoms with Crippen molar-refractivity contribution in [1.29, 1.82) is 0 Å². The Morgan fingerprint density at radius 2 is 1.67 bits per heavy atom. The molecule has 3 aromatic rings. The first-order valence-corrected chi connectivity index (χ1v) is 13.2. The zero-order valence-corrected chi connectivity index (χ0v) is 21.7. The molecule has 1 aromatic heterocycles. The van der Waals surface area contributed by atoms with Gasteiger partial charge in [0.1, 0.15) is 11.2 Å². The predicted molar refractivity (Wildman–Crippen MR) is 145 cm³/mol. The van der Waals surface area contributed by atoms with Gasteiger partial charge in [-0.3, -0.25) is 19.7 Å². The van der Waals surface area contributed by atoms with E-state index in [2.05, 4.69) is 10.2 Å². The molecule has 9 nitrogen and oxygen atoms in total. The van der Waals surface area contributed by atoms with Crippen LogP contribution in [0.4, 0.5) is 10.5 Å². The Bertz CT molecular complexity index is 1490. The molecule has 39 heavy (non-hydrogen) atoms. The van der Waals surface area contributed by atoms with Crippen LogP contribution in [0.15, 0.2) is 77.6 Å². The van der Waals surface area contributed by atoms with Gasteiger partial charge in [0.15, 0.2) is 0 Å². The summed E-state index contributed by atoms with van der Waals surface area (Å²) in [5.41, 5.74) is 0.671. The number of fused-ring (bicyclic) bond motifs is 4. The number of benzene rings is 2. The lowest BCUT2D eigenvalue weighted by atomic mass is 9.75. The molecular weight excluding hydrogens is 496 g/mol. The van der Waals surface area contributed by atoms with Crippen molar-refractivity contribution < 1.29 is 19.1 Å². The predicted octanol–water partition coefficient (Wildman–Crippen LogP) is 2.79. The number of urea groups is 1. The summed E-state index contributed by atoms with van der Waals surface area (Å²) in [5, 5.41) is 2.49. The third-order valence-corrected chi connectivity index (χ3v) is 8.20. The van der Waals surface area contributed by atoms with Crippen molar-refractivity contribution in [2.75, 3.05) is 31.6 Å². The Balaban J connectivity index is 1.37. The van der Waals surface area contributed by atoms with Crippen LogP contribution in [0, 0.1) is 11.3 Å². The average molecular weight is 527 g/mol. The lowest BCUT2D eigenvalue weighted by Gasteiger charge is -2.47. The van der Waals surface area contributed by atoms with E-state index in [0.717, 1.165) is 22.6 Å². The van der Waals surface area contributed by atoms with Crippen LogP contribution in [0.5, 0.6) is 5.75 Å². The number of carbonyl (C=O) groups excluding carboxylic acids is 3. The number of ether oxygens (including phenoxy) is 1. The molecule has 0 spiro atoms. The summed E-state index contributed by atoms with van der Waals surface area (Å²) in [4.78, 5) is 56.7. The number of likely N-dealkylation sites (tertiary alicyclic amines) is 1. The Morgan fingerprint density at radius 3 is 2.41 bits per heavy atom. The highest BCUT2D eigenvalue weighted by atomic mass is 16.5. The van der Waals surface area contributed by atoms with Gasteiger partial charge in [-0.25, -0.2) is 9.69 Å². The van der Waals surface area contributed by atoms with E-state index in [-0.39, 0.29) is 30.4 Å². The number of hydrogen-bond acceptors (Lipinski definition) is 6. The molecule has 2 aromatic carbocycles. The molecule has 2 saturated heterocycles. The molecule has 0 saturated carbocycles. The molecule has 4 amide bonds. The highest BCUT2D eigenvalue weighted by molar-refractivity contribution is 6.30. The lowest BCUT2D eigenvalue weighted by molar-refractivity contribution is -0.144. The van der Waals surface area contributed by atoms with Gasteiger partial charge in [0, 0.05) is 43.9 Å². The molecule has 3 aliphatic heterocycles. The van der Waals surface area contributed by atoms with Gasteiger partial charge < -0.3 is 14.2 Å². The second-order valence-electron chi connectivity index (χ2n) is 10.7. The van der Waals surface area contributed by atoms with Crippen molar-refractivity contribution in [2.24, 2.45) is 11.3 Å². The van der Waals surface area contributed by atoms with Gasteiger partial charge >= 0.3 is 6.03 Å². The fourth-order valence-corrected chi connectivity index (χ4v) is 6.44. The number of rotatable bonds is 6. The molecule has 0 unspecified atom stereocenters. The van der Waals surface area contributed by atoms with Gasteiger partial charge in [0.25, 0.3) is 11.5 Å². The van der Waals surface area contributed by atoms with E-state index < -0.39 is 23.3 Å². The monoisotopic (exact) mass is 526 g/mol. The molecule has 2 bridgehead atoms. The maximum absolute atomic E-state index is 14.3. The minimum Gasteiger partial charge on any atom is -0.497 e. The van der Waals surface area contributed by atoms with E-state index in [1.807, 2.05) is 22.8 Å². The van der Waals surface area contributed by atoms with E-state index in [0.29, 0.717) is 31.1 Å². The summed E-state index contributed by atoms with van der Waals surface area (Å²) in [6.07, 6.45) is 1.08. The number of pyridine rings is 1. The molecule has 9 heteroatoms. The Labute approximate surface area is 226 Å². The van der Waals surface area contributed by atoms with E-state index >= 15 is 0 Å². The third kappa shape index (κ3) is 4.42. The number of para-hydroxylation sites is 1. The Hall–Kier alpha value is -4.24. The van der Waals surface area contributed by atoms with Crippen LogP contribution in [0.25, 0.3) is 0 Å². The first kappa shape index (κ1) is 25.1. The summed E-state index contributed by atoms with van der Waals surface area (Å²) in [7, 11) is 1.58. The van der Waals surface area contributed by atoms with Gasteiger partial charge in [0.2, 0.25) is 5.91 Å². The van der Waals surface area contributed by atoms with Crippen molar-refractivity contribution in [1.82, 2.24) is 14.8 Å². The fraction of sp³-hybridized carbons (Fsp3) is 0.333. The van der Waals surface area contributed by atoms with Crippen LogP contribution in [-0.4, -0.2) is 54.1 Å². The van der Waals surface area contributed by atoms with Crippen LogP contribution < -0.4 is 20.5 Å². The van der Waals surface area contributed by atoms with E-state index in [9.17, 15) is 19.2 Å². The van der Waals surface area contributed by atoms with Crippen LogP contribution >= 0.6 is 0 Å². The van der Waals surface area contributed by atoms with Crippen LogP contribution in [-0.2, 0) is 22.6 Å². The number of amides is 4. The van der Waals surface area contributed by atoms with Crippen molar-refractivity contribution in [2.45, 2.75) is 25.3 Å². The zero-order valence-electron chi connectivity index (χ0n) is 21.7. The second-order valence-corrected chi connectivity index (χ2v) is 10.7. The lowest BCUT2D eigenvalue weighted by Crippen LogP contribution is -2.68. The molecule has 4 heterocycles. The molecule has 1 N–H and O–H groups in total. The molecular formula is C30H30N4O5. The van der Waals surface area contributed by atoms with Gasteiger partial charge in [-0.15, -0.1) is 0 Å². The standard InChI is InChI=1S/C30H30N4O5/c1-39-24-12-10-20(11-13-24)15-30(27(36)31-29(38)34(28(30)37)23-6-3-2-4-7-23)19-32-16-21-14-22(18-32)25-8-5-9-26(35)33(25)17-21/h2-13,21-22H,14-19H2,1H3,(H,31,36,38)/t21-,22-,30+/m0/s1. The summed E-state index contributed by atoms with van der Waals surface area (Å²) in [5.74, 6) is -0.106. The molecule has 0 aliphatic carbocycles. The number of anilines is 1. The number of nitrogens with zero attached hydrogens (tertiary/aromatic N) is 3.